The Kier molecular flexibility index (Phi) is 4.20. The number of rotatable bonds is 4. The monoisotopic (exact) mass is 318 g/mol. The van der Waals surface area contributed by atoms with Gasteiger partial charge in [-0.1, -0.05) is 48.5 Å². The third-order valence-corrected chi connectivity index (χ3v) is 4.41. The van der Waals surface area contributed by atoms with Crippen molar-refractivity contribution in [1.82, 2.24) is 5.32 Å². The molecule has 24 heavy (non-hydrogen) atoms. The van der Waals surface area contributed by atoms with Crippen molar-refractivity contribution in [3.63, 3.8) is 0 Å². The molecule has 0 aliphatic rings. The SMILES string of the molecule is CC(C)(NCc1c2ccccc2cc2ccccc12)/C(O)=C/[N+]#N. The van der Waals surface area contributed by atoms with E-state index >= 15 is 0 Å². The van der Waals surface area contributed by atoms with Crippen molar-refractivity contribution in [2.75, 3.05) is 0 Å². The summed E-state index contributed by atoms with van der Waals surface area (Å²) in [4.78, 5) is 2.90. The van der Waals surface area contributed by atoms with Gasteiger partial charge in [-0.25, -0.2) is 0 Å². The van der Waals surface area contributed by atoms with Crippen molar-refractivity contribution in [1.29, 1.82) is 5.39 Å². The van der Waals surface area contributed by atoms with Crippen LogP contribution in [0.4, 0.5) is 0 Å². The first-order chi connectivity index (χ1) is 11.5. The lowest BCUT2D eigenvalue weighted by molar-refractivity contribution is 0.280. The first-order valence-electron chi connectivity index (χ1n) is 7.91. The minimum atomic E-state index is -0.704. The molecule has 3 aromatic rings. The summed E-state index contributed by atoms with van der Waals surface area (Å²) in [6.07, 6.45) is 1.05. The highest BCUT2D eigenvalue weighted by atomic mass is 16.3. The lowest BCUT2D eigenvalue weighted by Gasteiger charge is -2.24. The van der Waals surface area contributed by atoms with Crippen molar-refractivity contribution in [2.24, 2.45) is 0 Å². The van der Waals surface area contributed by atoms with Crippen LogP contribution in [0.5, 0.6) is 0 Å². The zero-order valence-electron chi connectivity index (χ0n) is 13.8. The Morgan fingerprint density at radius 3 is 2.17 bits per heavy atom. The zero-order chi connectivity index (χ0) is 17.2. The smallest absolute Gasteiger partial charge is 0.389 e. The third kappa shape index (κ3) is 2.94. The highest BCUT2D eigenvalue weighted by Crippen LogP contribution is 2.29. The molecule has 0 aliphatic heterocycles. The maximum absolute atomic E-state index is 10.0. The second-order valence-corrected chi connectivity index (χ2v) is 6.41. The molecule has 0 heterocycles. The van der Waals surface area contributed by atoms with Gasteiger partial charge in [0.25, 0.3) is 0 Å². The van der Waals surface area contributed by atoms with Crippen LogP contribution in [0.3, 0.4) is 0 Å². The minimum Gasteiger partial charge on any atom is -0.504 e. The highest BCUT2D eigenvalue weighted by Gasteiger charge is 2.26. The van der Waals surface area contributed by atoms with Gasteiger partial charge in [0, 0.05) is 6.54 Å². The normalized spacial score (nSPS) is 12.5. The fourth-order valence-electron chi connectivity index (χ4n) is 2.91. The molecule has 0 spiro atoms. The van der Waals surface area contributed by atoms with Crippen LogP contribution in [-0.2, 0) is 6.54 Å². The number of fused-ring (bicyclic) bond motifs is 2. The molecule has 0 amide bonds. The number of aliphatic hydroxyl groups excluding tert-OH is 1. The maximum atomic E-state index is 10.0. The number of nitrogens with one attached hydrogen (secondary N) is 1. The Morgan fingerprint density at radius 1 is 1.08 bits per heavy atom. The van der Waals surface area contributed by atoms with Crippen LogP contribution in [-0.4, -0.2) is 10.6 Å². The van der Waals surface area contributed by atoms with E-state index < -0.39 is 5.54 Å². The first kappa shape index (κ1) is 16.0. The molecule has 120 valence electrons. The molecule has 2 N–H and O–H groups in total. The summed E-state index contributed by atoms with van der Waals surface area (Å²) in [5, 5.41) is 26.8. The minimum absolute atomic E-state index is 0.0189. The lowest BCUT2D eigenvalue weighted by Crippen LogP contribution is -2.40. The predicted molar refractivity (Wildman–Crippen MR) is 98.2 cm³/mol. The van der Waals surface area contributed by atoms with Crippen LogP contribution in [0.15, 0.2) is 66.6 Å². The molecule has 0 aromatic heterocycles. The molecule has 0 aliphatic carbocycles. The number of diazo groups is 1. The summed E-state index contributed by atoms with van der Waals surface area (Å²) >= 11 is 0. The number of hydrogen-bond acceptors (Lipinski definition) is 3. The molecule has 0 bridgehead atoms. The van der Waals surface area contributed by atoms with Gasteiger partial charge in [-0.15, -0.1) is 0 Å². The lowest BCUT2D eigenvalue weighted by atomic mass is 9.95. The largest absolute Gasteiger partial charge is 0.504 e. The van der Waals surface area contributed by atoms with Crippen LogP contribution in [0.2, 0.25) is 0 Å². The number of hydrogen-bond donors (Lipinski definition) is 2. The van der Waals surface area contributed by atoms with E-state index in [1.54, 1.807) is 0 Å². The number of benzene rings is 3. The molecule has 0 atom stereocenters. The van der Waals surface area contributed by atoms with Crippen LogP contribution in [0.1, 0.15) is 19.4 Å². The standard InChI is InChI=1S/C20H19N3O/c1-20(2,19(24)13-23-21)22-12-18-16-9-5-3-7-14(16)11-15-8-4-6-10-17(15)18/h3-11,13,22H,12H2,1-2H3/p+1/b19-13-. The van der Waals surface area contributed by atoms with E-state index in [9.17, 15) is 5.11 Å². The topological polar surface area (TPSA) is 60.4 Å². The van der Waals surface area contributed by atoms with Crippen molar-refractivity contribution in [2.45, 2.75) is 25.9 Å². The molecule has 4 heteroatoms. The van der Waals surface area contributed by atoms with Gasteiger partial charge in [-0.3, -0.25) is 0 Å². The summed E-state index contributed by atoms with van der Waals surface area (Å²) in [5.74, 6) is -0.0189. The molecule has 0 radical (unpaired) electrons. The number of nitrogens with zero attached hydrogens (tertiary/aromatic N) is 2. The molecule has 4 nitrogen and oxygen atoms in total. The van der Waals surface area contributed by atoms with Crippen molar-refractivity contribution >= 4 is 21.5 Å². The quantitative estimate of drug-likeness (QED) is 0.399. The van der Waals surface area contributed by atoms with Crippen LogP contribution in [0, 0.1) is 5.39 Å². The van der Waals surface area contributed by atoms with Crippen LogP contribution >= 0.6 is 0 Å². The van der Waals surface area contributed by atoms with E-state index in [-0.39, 0.29) is 5.76 Å². The average molecular weight is 318 g/mol. The zero-order valence-corrected chi connectivity index (χ0v) is 13.8. The molecule has 3 rings (SSSR count). The number of aliphatic hydroxyl groups is 1. The van der Waals surface area contributed by atoms with Crippen LogP contribution < -0.4 is 5.32 Å². The second kappa shape index (κ2) is 6.31. The highest BCUT2D eigenvalue weighted by molar-refractivity contribution is 6.02. The van der Waals surface area contributed by atoms with E-state index in [0.29, 0.717) is 6.54 Å². The maximum Gasteiger partial charge on any atom is 0.389 e. The molecule has 0 unspecified atom stereocenters. The molecule has 0 saturated heterocycles. The van der Waals surface area contributed by atoms with E-state index in [2.05, 4.69) is 40.6 Å². The third-order valence-electron chi connectivity index (χ3n) is 4.41. The Bertz CT molecular complexity index is 913. The fraction of sp³-hybridized carbons (Fsp3) is 0.200. The van der Waals surface area contributed by atoms with Gasteiger partial charge in [0.15, 0.2) is 4.98 Å². The summed E-state index contributed by atoms with van der Waals surface area (Å²) in [7, 11) is 0. The van der Waals surface area contributed by atoms with E-state index in [0.717, 1.165) is 6.20 Å². The van der Waals surface area contributed by atoms with E-state index in [1.165, 1.54) is 27.1 Å². The van der Waals surface area contributed by atoms with Gasteiger partial charge in [-0.2, -0.15) is 0 Å². The molecule has 0 saturated carbocycles. The Balaban J connectivity index is 2.07. The summed E-state index contributed by atoms with van der Waals surface area (Å²) in [5.41, 5.74) is 0.482. The van der Waals surface area contributed by atoms with Gasteiger partial charge < -0.3 is 10.4 Å². The van der Waals surface area contributed by atoms with Gasteiger partial charge >= 0.3 is 6.20 Å². The van der Waals surface area contributed by atoms with Crippen molar-refractivity contribution in [3.05, 3.63) is 77.1 Å². The Morgan fingerprint density at radius 2 is 1.62 bits per heavy atom. The molecule has 3 aromatic carbocycles. The molecule has 0 fully saturated rings. The van der Waals surface area contributed by atoms with E-state index in [4.69, 9.17) is 5.39 Å². The average Bonchev–Trinajstić information content (AvgIpc) is 2.58. The first-order valence-corrected chi connectivity index (χ1v) is 7.91. The fourth-order valence-corrected chi connectivity index (χ4v) is 2.91. The predicted octanol–water partition coefficient (Wildman–Crippen LogP) is 5.11. The molecular weight excluding hydrogens is 298 g/mol. The summed E-state index contributed by atoms with van der Waals surface area (Å²) in [6.45, 7) is 4.27. The Hall–Kier alpha value is -2.90. The second-order valence-electron chi connectivity index (χ2n) is 6.41. The van der Waals surface area contributed by atoms with Crippen molar-refractivity contribution < 1.29 is 5.11 Å². The van der Waals surface area contributed by atoms with Crippen molar-refractivity contribution in [3.8, 4) is 0 Å². The van der Waals surface area contributed by atoms with Crippen LogP contribution in [0.25, 0.3) is 26.5 Å². The van der Waals surface area contributed by atoms with Gasteiger partial charge in [0.2, 0.25) is 11.2 Å². The van der Waals surface area contributed by atoms with E-state index in [1.807, 2.05) is 38.1 Å². The Labute approximate surface area is 141 Å². The van der Waals surface area contributed by atoms with Gasteiger partial charge in [0.05, 0.1) is 5.54 Å². The van der Waals surface area contributed by atoms with Gasteiger partial charge in [-0.05, 0) is 47.0 Å². The van der Waals surface area contributed by atoms with Gasteiger partial charge in [0.1, 0.15) is 0 Å². The summed E-state index contributed by atoms with van der Waals surface area (Å²) < 4.78 is 0. The summed E-state index contributed by atoms with van der Waals surface area (Å²) in [6, 6.07) is 18.8. The molecular formula is C20H20N3O+.